The summed E-state index contributed by atoms with van der Waals surface area (Å²) in [5.41, 5.74) is 0.568. The smallest absolute Gasteiger partial charge is 0.435 e. The molecular weight excluding hydrogens is 605 g/mol. The summed E-state index contributed by atoms with van der Waals surface area (Å²) in [6.07, 6.45) is 3.35. The molecule has 1 aromatic carbocycles. The van der Waals surface area contributed by atoms with Crippen molar-refractivity contribution in [3.8, 4) is 11.3 Å². The number of aromatic nitrogens is 7. The zero-order valence-corrected chi connectivity index (χ0v) is 23.7. The lowest BCUT2D eigenvalue weighted by molar-refractivity contribution is -0.142. The van der Waals surface area contributed by atoms with Gasteiger partial charge in [0.25, 0.3) is 12.4 Å². The lowest BCUT2D eigenvalue weighted by Gasteiger charge is -2.34. The number of carbonyl (C=O) groups excluding carboxylic acids is 2. The first kappa shape index (κ1) is 29.1. The van der Waals surface area contributed by atoms with Crippen molar-refractivity contribution in [1.82, 2.24) is 44.1 Å². The van der Waals surface area contributed by atoms with E-state index < -0.39 is 24.0 Å². The Bertz CT molecular complexity index is 1850. The zero-order chi connectivity index (χ0) is 31.0. The second-order valence-electron chi connectivity index (χ2n) is 9.93. The normalized spacial score (nSPS) is 15.5. The second kappa shape index (κ2) is 11.6. The van der Waals surface area contributed by atoms with Gasteiger partial charge in [-0.05, 0) is 18.2 Å². The number of alkyl halides is 3. The molecule has 0 aliphatic carbocycles. The van der Waals surface area contributed by atoms with Crippen LogP contribution in [0.25, 0.3) is 16.9 Å². The maximum absolute atomic E-state index is 14.1. The third-order valence-electron chi connectivity index (χ3n) is 6.97. The Morgan fingerprint density at radius 1 is 1.25 bits per heavy atom. The molecule has 1 atom stereocenters. The Hall–Kier alpha value is -4.96. The van der Waals surface area contributed by atoms with Crippen LogP contribution in [-0.4, -0.2) is 77.1 Å². The van der Waals surface area contributed by atoms with Crippen LogP contribution in [0.4, 0.5) is 24.7 Å². The van der Waals surface area contributed by atoms with Crippen molar-refractivity contribution in [3.05, 3.63) is 77.2 Å². The van der Waals surface area contributed by atoms with Crippen LogP contribution in [0, 0.1) is 0 Å². The molecule has 0 bridgehead atoms. The summed E-state index contributed by atoms with van der Waals surface area (Å²) in [4.78, 5) is 34.1. The fourth-order valence-electron chi connectivity index (χ4n) is 5.00. The van der Waals surface area contributed by atoms with Crippen molar-refractivity contribution < 1.29 is 27.5 Å². The maximum Gasteiger partial charge on any atom is 0.435 e. The zero-order valence-electron chi connectivity index (χ0n) is 23.0. The molecule has 0 spiro atoms. The summed E-state index contributed by atoms with van der Waals surface area (Å²) < 4.78 is 51.5. The number of ether oxygens (including phenoxy) is 1. The van der Waals surface area contributed by atoms with Crippen LogP contribution in [0.5, 0.6) is 0 Å². The van der Waals surface area contributed by atoms with E-state index in [1.54, 1.807) is 30.2 Å². The van der Waals surface area contributed by atoms with E-state index in [-0.39, 0.29) is 39.9 Å². The number of aryl methyl sites for hydroxylation is 1. The molecule has 1 aliphatic rings. The highest BCUT2D eigenvalue weighted by Gasteiger charge is 2.38. The molecular formula is C27H24ClF3N10O3. The molecule has 6 rings (SSSR count). The highest BCUT2D eigenvalue weighted by atomic mass is 35.5. The summed E-state index contributed by atoms with van der Waals surface area (Å²) in [5, 5.41) is 14.1. The van der Waals surface area contributed by atoms with E-state index >= 15 is 0 Å². The minimum absolute atomic E-state index is 0.0979. The monoisotopic (exact) mass is 628 g/mol. The topological polar surface area (TPSA) is 136 Å². The van der Waals surface area contributed by atoms with E-state index in [0.717, 1.165) is 0 Å². The van der Waals surface area contributed by atoms with Crippen molar-refractivity contribution in [2.75, 3.05) is 25.0 Å². The number of piperazine rings is 1. The summed E-state index contributed by atoms with van der Waals surface area (Å²) in [7, 11) is 1.72. The molecule has 0 saturated carbocycles. The lowest BCUT2D eigenvalue weighted by atomic mass is 10.1. The Balaban J connectivity index is 1.28. The molecule has 0 radical (unpaired) electrons. The summed E-state index contributed by atoms with van der Waals surface area (Å²) in [5.74, 6) is -0.163. The Morgan fingerprint density at radius 2 is 2.09 bits per heavy atom. The van der Waals surface area contributed by atoms with Crippen molar-refractivity contribution in [3.63, 3.8) is 0 Å². The number of carbonyl (C=O) groups is 2. The molecule has 1 aliphatic heterocycles. The number of amides is 1. The highest BCUT2D eigenvalue weighted by molar-refractivity contribution is 6.34. The van der Waals surface area contributed by atoms with Gasteiger partial charge in [-0.1, -0.05) is 11.6 Å². The summed E-state index contributed by atoms with van der Waals surface area (Å²) in [6, 6.07) is 4.65. The Morgan fingerprint density at radius 3 is 2.82 bits per heavy atom. The molecule has 13 nitrogen and oxygen atoms in total. The third-order valence-corrected chi connectivity index (χ3v) is 7.28. The lowest BCUT2D eigenvalue weighted by Crippen LogP contribution is -2.54. The van der Waals surface area contributed by atoms with E-state index in [0.29, 0.717) is 37.4 Å². The first-order valence-electron chi connectivity index (χ1n) is 13.2. The SMILES string of the molecule is Cn1cc(Cn2cc(-c3cnc4c(Nc5ccc(C(=O)N6CCNCC6OC=O)c(Cl)c5)nccn34)c(C(F)(F)F)n2)cn1. The van der Waals surface area contributed by atoms with E-state index in [1.165, 1.54) is 50.9 Å². The van der Waals surface area contributed by atoms with Gasteiger partial charge in [0, 0.05) is 56.2 Å². The van der Waals surface area contributed by atoms with Crippen molar-refractivity contribution >= 4 is 41.1 Å². The molecule has 1 unspecified atom stereocenters. The second-order valence-corrected chi connectivity index (χ2v) is 10.3. The van der Waals surface area contributed by atoms with Crippen LogP contribution < -0.4 is 10.6 Å². The number of nitrogens with one attached hydrogen (secondary N) is 2. The number of halogens is 4. The highest BCUT2D eigenvalue weighted by Crippen LogP contribution is 2.37. The third kappa shape index (κ3) is 5.68. The molecule has 4 aromatic heterocycles. The van der Waals surface area contributed by atoms with Gasteiger partial charge in [-0.25, -0.2) is 9.97 Å². The number of rotatable bonds is 8. The standard InChI is InChI=1S/C27H24ClF3N10O3/c1-38-12-16(9-35-38)13-39-14-19(23(37-39)27(29,30)31)21-10-34-25-24(33-5-7-40(21)25)36-17-2-3-18(20(28)8-17)26(43)41-6-4-32-11-22(41)44-15-42/h2-3,5,7-10,12,14-15,22,32H,4,6,11,13H2,1H3,(H,33,36). The molecule has 17 heteroatoms. The number of imidazole rings is 1. The minimum atomic E-state index is -4.71. The van der Waals surface area contributed by atoms with E-state index in [1.807, 2.05) is 0 Å². The molecule has 5 aromatic rings. The van der Waals surface area contributed by atoms with E-state index in [9.17, 15) is 22.8 Å². The fraction of sp³-hybridized carbons (Fsp3) is 0.259. The summed E-state index contributed by atoms with van der Waals surface area (Å²) in [6.45, 7) is 1.53. The van der Waals surface area contributed by atoms with Gasteiger partial charge in [-0.2, -0.15) is 23.4 Å². The molecule has 1 saturated heterocycles. The van der Waals surface area contributed by atoms with Crippen LogP contribution in [0.2, 0.25) is 5.02 Å². The predicted octanol–water partition coefficient (Wildman–Crippen LogP) is 3.33. The average molecular weight is 629 g/mol. The average Bonchev–Trinajstić information content (AvgIpc) is 3.72. The van der Waals surface area contributed by atoms with Crippen LogP contribution in [0.15, 0.2) is 55.4 Å². The number of anilines is 2. The van der Waals surface area contributed by atoms with Gasteiger partial charge < -0.3 is 20.3 Å². The van der Waals surface area contributed by atoms with E-state index in [4.69, 9.17) is 16.3 Å². The maximum atomic E-state index is 14.1. The van der Waals surface area contributed by atoms with Crippen LogP contribution >= 0.6 is 11.6 Å². The fourth-order valence-corrected chi connectivity index (χ4v) is 5.26. The Labute approximate surface area is 252 Å². The molecule has 228 valence electrons. The van der Waals surface area contributed by atoms with Gasteiger partial charge in [0.1, 0.15) is 0 Å². The number of benzene rings is 1. The number of nitrogens with zero attached hydrogens (tertiary/aromatic N) is 8. The van der Waals surface area contributed by atoms with Crippen LogP contribution in [0.3, 0.4) is 0 Å². The quantitative estimate of drug-likeness (QED) is 0.248. The number of hydrogen-bond acceptors (Lipinski definition) is 9. The largest absolute Gasteiger partial charge is 0.442 e. The van der Waals surface area contributed by atoms with Gasteiger partial charge in [0.15, 0.2) is 23.4 Å². The van der Waals surface area contributed by atoms with E-state index in [2.05, 4.69) is 30.8 Å². The van der Waals surface area contributed by atoms with Crippen molar-refractivity contribution in [1.29, 1.82) is 0 Å². The first-order valence-corrected chi connectivity index (χ1v) is 13.6. The molecule has 2 N–H and O–H groups in total. The minimum Gasteiger partial charge on any atom is -0.442 e. The van der Waals surface area contributed by atoms with Gasteiger partial charge in [-0.15, -0.1) is 0 Å². The molecule has 5 heterocycles. The van der Waals surface area contributed by atoms with Crippen molar-refractivity contribution in [2.24, 2.45) is 7.05 Å². The van der Waals surface area contributed by atoms with Crippen LogP contribution in [-0.2, 0) is 29.3 Å². The van der Waals surface area contributed by atoms with Gasteiger partial charge in [-0.3, -0.25) is 23.4 Å². The molecule has 44 heavy (non-hydrogen) atoms. The number of fused-ring (bicyclic) bond motifs is 1. The Kier molecular flexibility index (Phi) is 7.69. The summed E-state index contributed by atoms with van der Waals surface area (Å²) >= 11 is 6.48. The van der Waals surface area contributed by atoms with Crippen LogP contribution in [0.1, 0.15) is 21.6 Å². The molecule has 1 amide bonds. The van der Waals surface area contributed by atoms with Crippen molar-refractivity contribution in [2.45, 2.75) is 18.9 Å². The first-order chi connectivity index (χ1) is 21.1. The van der Waals surface area contributed by atoms with Gasteiger partial charge >= 0.3 is 6.18 Å². The van der Waals surface area contributed by atoms with Gasteiger partial charge in [0.2, 0.25) is 0 Å². The van der Waals surface area contributed by atoms with Gasteiger partial charge in [0.05, 0.1) is 47.3 Å². The number of hydrogen-bond donors (Lipinski definition) is 2. The predicted molar refractivity (Wildman–Crippen MR) is 151 cm³/mol. The molecule has 1 fully saturated rings.